The summed E-state index contributed by atoms with van der Waals surface area (Å²) in [6, 6.07) is 5.82. The van der Waals surface area contributed by atoms with Gasteiger partial charge in [0.25, 0.3) is 0 Å². The molecule has 2 aliphatic rings. The fourth-order valence-electron chi connectivity index (χ4n) is 5.23. The lowest BCUT2D eigenvalue weighted by atomic mass is 9.79. The summed E-state index contributed by atoms with van der Waals surface area (Å²) in [6.45, 7) is 8.61. The third-order valence-corrected chi connectivity index (χ3v) is 6.49. The van der Waals surface area contributed by atoms with Gasteiger partial charge in [-0.05, 0) is 93.5 Å². The molecule has 1 saturated carbocycles. The van der Waals surface area contributed by atoms with Crippen LogP contribution in [0.1, 0.15) is 64.9 Å². The normalized spacial score (nSPS) is 19.5. The molecule has 0 unspecified atom stereocenters. The lowest BCUT2D eigenvalue weighted by molar-refractivity contribution is 0.170. The minimum absolute atomic E-state index is 0.0619. The Morgan fingerprint density at radius 2 is 1.80 bits per heavy atom. The summed E-state index contributed by atoms with van der Waals surface area (Å²) in [5.41, 5.74) is 1.91. The molecule has 11 heteroatoms. The van der Waals surface area contributed by atoms with Crippen LogP contribution < -0.4 is 21.6 Å². The van der Waals surface area contributed by atoms with Crippen molar-refractivity contribution < 1.29 is 4.39 Å². The van der Waals surface area contributed by atoms with E-state index in [1.807, 2.05) is 12.1 Å². The van der Waals surface area contributed by atoms with Crippen LogP contribution in [0.3, 0.4) is 0 Å². The molecule has 2 aromatic heterocycles. The van der Waals surface area contributed by atoms with Gasteiger partial charge in [-0.15, -0.1) is 0 Å². The second kappa shape index (κ2) is 8.40. The summed E-state index contributed by atoms with van der Waals surface area (Å²) in [5.74, 6) is 0.389. The minimum Gasteiger partial charge on any atom is -0.365 e. The molecule has 35 heavy (non-hydrogen) atoms. The molecular weight excluding hydrogens is 449 g/mol. The first-order valence-electron chi connectivity index (χ1n) is 12.0. The molecule has 0 radical (unpaired) electrons. The predicted octanol–water partition coefficient (Wildman–Crippen LogP) is 3.24. The van der Waals surface area contributed by atoms with Gasteiger partial charge in [-0.25, -0.2) is 14.2 Å². The summed E-state index contributed by atoms with van der Waals surface area (Å²) in [5, 5.41) is 17.9. The zero-order chi connectivity index (χ0) is 25.0. The molecule has 2 fully saturated rings. The van der Waals surface area contributed by atoms with Gasteiger partial charge in [0.15, 0.2) is 11.6 Å². The molecule has 5 rings (SSSR count). The Kier molecular flexibility index (Phi) is 5.62. The molecule has 1 aromatic carbocycles. The molecule has 0 bridgehead atoms. The Balaban J connectivity index is 1.41. The van der Waals surface area contributed by atoms with Crippen molar-refractivity contribution in [3.05, 3.63) is 46.3 Å². The van der Waals surface area contributed by atoms with E-state index >= 15 is 0 Å². The highest BCUT2D eigenvalue weighted by Gasteiger charge is 2.38. The van der Waals surface area contributed by atoms with E-state index in [0.717, 1.165) is 31.2 Å². The van der Waals surface area contributed by atoms with Crippen molar-refractivity contribution >= 4 is 17.5 Å². The average Bonchev–Trinajstić information content (AvgIpc) is 3.54. The Morgan fingerprint density at radius 1 is 1.09 bits per heavy atom. The summed E-state index contributed by atoms with van der Waals surface area (Å²) >= 11 is 0. The molecule has 3 N–H and O–H groups in total. The molecule has 1 aliphatic carbocycles. The van der Waals surface area contributed by atoms with Gasteiger partial charge >= 0.3 is 5.69 Å². The van der Waals surface area contributed by atoms with Crippen molar-refractivity contribution in [2.75, 3.05) is 10.6 Å². The molecule has 10 nitrogen and oxygen atoms in total. The summed E-state index contributed by atoms with van der Waals surface area (Å²) < 4.78 is 17.1. The standard InChI is InChI=1S/C24H32FN9O/c1-23(2)11-17(12-24(3,4)30-23)27-20-19(25)13-26-21(29-20)28-16-8-15(14-6-7-14)9-18(10-16)34-22(35)33(5)31-32-34/h8-10,13-14,17,30H,6-7,11-12H2,1-5H3,(H2,26,27,28,29). The van der Waals surface area contributed by atoms with E-state index in [-0.39, 0.29) is 34.6 Å². The number of aryl methyl sites for hydroxylation is 1. The zero-order valence-electron chi connectivity index (χ0n) is 20.8. The smallest absolute Gasteiger partial charge is 0.365 e. The van der Waals surface area contributed by atoms with E-state index in [0.29, 0.717) is 17.3 Å². The number of piperidine rings is 1. The van der Waals surface area contributed by atoms with E-state index in [1.54, 1.807) is 13.1 Å². The average molecular weight is 482 g/mol. The maximum atomic E-state index is 14.7. The number of aromatic nitrogens is 6. The SMILES string of the molecule is Cn1nnn(-c2cc(Nc3ncc(F)c(NC4CC(C)(C)NC(C)(C)C4)n3)cc(C3CC3)c2)c1=O. The molecule has 0 amide bonds. The van der Waals surface area contributed by atoms with Crippen LogP contribution in [0.25, 0.3) is 5.69 Å². The van der Waals surface area contributed by atoms with E-state index < -0.39 is 5.82 Å². The Bertz CT molecular complexity index is 1290. The monoisotopic (exact) mass is 481 g/mol. The van der Waals surface area contributed by atoms with Gasteiger partial charge in [-0.1, -0.05) is 0 Å². The third-order valence-electron chi connectivity index (χ3n) is 6.49. The predicted molar refractivity (Wildman–Crippen MR) is 132 cm³/mol. The highest BCUT2D eigenvalue weighted by Crippen LogP contribution is 2.41. The van der Waals surface area contributed by atoms with Crippen LogP contribution in [0, 0.1) is 5.82 Å². The fraction of sp³-hybridized carbons (Fsp3) is 0.542. The number of nitrogens with one attached hydrogen (secondary N) is 3. The molecular formula is C24H32FN9O. The lowest BCUT2D eigenvalue weighted by Gasteiger charge is -2.46. The summed E-state index contributed by atoms with van der Waals surface area (Å²) in [6.07, 6.45) is 5.04. The number of nitrogens with zero attached hydrogens (tertiary/aromatic N) is 6. The number of halogens is 1. The molecule has 0 spiro atoms. The van der Waals surface area contributed by atoms with Crippen LogP contribution in [0.4, 0.5) is 21.8 Å². The van der Waals surface area contributed by atoms with Gasteiger partial charge in [0.1, 0.15) is 0 Å². The number of rotatable bonds is 6. The second-order valence-corrected chi connectivity index (χ2v) is 11.0. The molecule has 1 saturated heterocycles. The van der Waals surface area contributed by atoms with Gasteiger partial charge in [0, 0.05) is 29.9 Å². The molecule has 3 aromatic rings. The fourth-order valence-corrected chi connectivity index (χ4v) is 5.23. The maximum absolute atomic E-state index is 14.7. The highest BCUT2D eigenvalue weighted by molar-refractivity contribution is 5.61. The van der Waals surface area contributed by atoms with Crippen LogP contribution in [-0.4, -0.2) is 46.9 Å². The number of anilines is 3. The van der Waals surface area contributed by atoms with E-state index in [9.17, 15) is 9.18 Å². The van der Waals surface area contributed by atoms with Gasteiger partial charge in [0.2, 0.25) is 5.95 Å². The highest BCUT2D eigenvalue weighted by atomic mass is 19.1. The number of benzene rings is 1. The van der Waals surface area contributed by atoms with Gasteiger partial charge in [0.05, 0.1) is 11.9 Å². The second-order valence-electron chi connectivity index (χ2n) is 11.0. The van der Waals surface area contributed by atoms with Crippen molar-refractivity contribution in [2.24, 2.45) is 7.05 Å². The van der Waals surface area contributed by atoms with E-state index in [2.05, 4.69) is 64.0 Å². The van der Waals surface area contributed by atoms with E-state index in [1.165, 1.54) is 15.6 Å². The zero-order valence-corrected chi connectivity index (χ0v) is 20.8. The summed E-state index contributed by atoms with van der Waals surface area (Å²) in [7, 11) is 1.56. The van der Waals surface area contributed by atoms with Gasteiger partial charge < -0.3 is 16.0 Å². The Hall–Kier alpha value is -3.34. The first kappa shape index (κ1) is 23.4. The number of hydrogen-bond acceptors (Lipinski definition) is 8. The van der Waals surface area contributed by atoms with E-state index in [4.69, 9.17) is 0 Å². The van der Waals surface area contributed by atoms with Crippen molar-refractivity contribution in [3.63, 3.8) is 0 Å². The minimum atomic E-state index is -0.497. The van der Waals surface area contributed by atoms with Crippen LogP contribution in [-0.2, 0) is 7.05 Å². The van der Waals surface area contributed by atoms with Crippen molar-refractivity contribution in [2.45, 2.75) is 76.4 Å². The third kappa shape index (κ3) is 5.19. The molecule has 3 heterocycles. The first-order chi connectivity index (χ1) is 16.5. The van der Waals surface area contributed by atoms with Crippen LogP contribution in [0.2, 0.25) is 0 Å². The Labute approximate surface area is 203 Å². The lowest BCUT2D eigenvalue weighted by Crippen LogP contribution is -2.60. The Morgan fingerprint density at radius 3 is 2.43 bits per heavy atom. The topological polar surface area (TPSA) is 115 Å². The number of tetrazole rings is 1. The van der Waals surface area contributed by atoms with Gasteiger partial charge in [-0.3, -0.25) is 0 Å². The molecule has 1 aliphatic heterocycles. The van der Waals surface area contributed by atoms with Crippen molar-refractivity contribution in [3.8, 4) is 5.69 Å². The van der Waals surface area contributed by atoms with Gasteiger partial charge in [-0.2, -0.15) is 14.3 Å². The maximum Gasteiger partial charge on any atom is 0.368 e. The first-order valence-corrected chi connectivity index (χ1v) is 12.0. The quantitative estimate of drug-likeness (QED) is 0.492. The molecule has 0 atom stereocenters. The van der Waals surface area contributed by atoms with Crippen LogP contribution >= 0.6 is 0 Å². The summed E-state index contributed by atoms with van der Waals surface area (Å²) in [4.78, 5) is 21.0. The number of hydrogen-bond donors (Lipinski definition) is 3. The van der Waals surface area contributed by atoms with Crippen molar-refractivity contribution in [1.29, 1.82) is 0 Å². The van der Waals surface area contributed by atoms with Crippen molar-refractivity contribution in [1.82, 2.24) is 35.1 Å². The van der Waals surface area contributed by atoms with Crippen LogP contribution in [0.5, 0.6) is 0 Å². The molecule has 186 valence electrons. The van der Waals surface area contributed by atoms with Crippen LogP contribution in [0.15, 0.2) is 29.2 Å². The largest absolute Gasteiger partial charge is 0.368 e.